The molecule has 1 unspecified atom stereocenters. The second-order valence-electron chi connectivity index (χ2n) is 9.85. The Hall–Kier alpha value is -3.84. The van der Waals surface area contributed by atoms with Crippen molar-refractivity contribution in [1.29, 1.82) is 0 Å². The van der Waals surface area contributed by atoms with Crippen LogP contribution in [-0.4, -0.2) is 50.7 Å². The topological polar surface area (TPSA) is 70.6 Å². The maximum atomic E-state index is 13.2. The minimum absolute atomic E-state index is 0.0293. The number of carbonyl (C=O) groups is 1. The molecule has 0 radical (unpaired) electrons. The quantitative estimate of drug-likeness (QED) is 0.352. The van der Waals surface area contributed by atoms with Crippen LogP contribution in [0.15, 0.2) is 89.7 Å². The zero-order chi connectivity index (χ0) is 25.6. The van der Waals surface area contributed by atoms with Crippen molar-refractivity contribution >= 4 is 17.1 Å². The molecule has 1 aliphatic heterocycles. The molecule has 4 aromatic rings. The maximum absolute atomic E-state index is 13.2. The van der Waals surface area contributed by atoms with Gasteiger partial charge in [0.25, 0.3) is 0 Å². The Bertz CT molecular complexity index is 1320. The molecule has 1 saturated heterocycles. The number of ether oxygens (including phenoxy) is 1. The van der Waals surface area contributed by atoms with Crippen LogP contribution in [0.25, 0.3) is 11.0 Å². The van der Waals surface area contributed by atoms with Gasteiger partial charge in [-0.05, 0) is 43.0 Å². The molecule has 2 atom stereocenters. The standard InChI is InChI=1S/C30H34N4O3/c1-23(32(19-24-11-4-2-5-12-24)20-25-13-6-3-7-14-25)22-37-30(36)33-18-10-15-26(33)21-34-28-17-9-8-16-27(28)31-29(34)35/h2-9,11-14,16-17,23,26H,10,15,18-22H2,1H3,(H,31,35)/t23-,26?/m0/s1. The number of aromatic amines is 1. The zero-order valence-corrected chi connectivity index (χ0v) is 21.3. The van der Waals surface area contributed by atoms with E-state index < -0.39 is 0 Å². The summed E-state index contributed by atoms with van der Waals surface area (Å²) >= 11 is 0. The Kier molecular flexibility index (Phi) is 7.70. The van der Waals surface area contributed by atoms with Crippen LogP contribution in [0.1, 0.15) is 30.9 Å². The Morgan fingerprint density at radius 2 is 1.59 bits per heavy atom. The summed E-state index contributed by atoms with van der Waals surface area (Å²) in [4.78, 5) is 32.8. The number of carbonyl (C=O) groups excluding carboxylic acids is 1. The normalized spacial score (nSPS) is 16.4. The van der Waals surface area contributed by atoms with Gasteiger partial charge >= 0.3 is 11.8 Å². The van der Waals surface area contributed by atoms with Gasteiger partial charge in [-0.3, -0.25) is 9.47 Å². The van der Waals surface area contributed by atoms with Gasteiger partial charge in [-0.1, -0.05) is 72.8 Å². The lowest BCUT2D eigenvalue weighted by Gasteiger charge is -2.30. The van der Waals surface area contributed by atoms with Gasteiger partial charge in [-0.15, -0.1) is 0 Å². The molecule has 0 spiro atoms. The molecule has 7 nitrogen and oxygen atoms in total. The highest BCUT2D eigenvalue weighted by Crippen LogP contribution is 2.22. The van der Waals surface area contributed by atoms with Crippen molar-refractivity contribution < 1.29 is 9.53 Å². The lowest BCUT2D eigenvalue weighted by Crippen LogP contribution is -2.42. The minimum atomic E-state index is -0.304. The van der Waals surface area contributed by atoms with E-state index in [0.717, 1.165) is 37.0 Å². The van der Waals surface area contributed by atoms with E-state index in [0.29, 0.717) is 19.7 Å². The third-order valence-electron chi connectivity index (χ3n) is 7.21. The third kappa shape index (κ3) is 5.94. The van der Waals surface area contributed by atoms with Gasteiger partial charge in [-0.25, -0.2) is 9.59 Å². The minimum Gasteiger partial charge on any atom is -0.448 e. The molecule has 192 valence electrons. The molecular weight excluding hydrogens is 464 g/mol. The van der Waals surface area contributed by atoms with Crippen molar-refractivity contribution in [1.82, 2.24) is 19.4 Å². The molecule has 1 N–H and O–H groups in total. The number of amides is 1. The Morgan fingerprint density at radius 1 is 0.973 bits per heavy atom. The molecule has 0 saturated carbocycles. The monoisotopic (exact) mass is 498 g/mol. The van der Waals surface area contributed by atoms with Crippen LogP contribution >= 0.6 is 0 Å². The number of hydrogen-bond donors (Lipinski definition) is 1. The van der Waals surface area contributed by atoms with Crippen LogP contribution < -0.4 is 5.69 Å². The summed E-state index contributed by atoms with van der Waals surface area (Å²) in [7, 11) is 0. The predicted octanol–water partition coefficient (Wildman–Crippen LogP) is 5.02. The van der Waals surface area contributed by atoms with Crippen LogP contribution in [0, 0.1) is 0 Å². The van der Waals surface area contributed by atoms with E-state index in [1.165, 1.54) is 11.1 Å². The molecule has 1 amide bonds. The van der Waals surface area contributed by atoms with Crippen LogP contribution in [0.3, 0.4) is 0 Å². The van der Waals surface area contributed by atoms with E-state index in [4.69, 9.17) is 4.74 Å². The zero-order valence-electron chi connectivity index (χ0n) is 21.3. The highest BCUT2D eigenvalue weighted by atomic mass is 16.6. The average molecular weight is 499 g/mol. The summed E-state index contributed by atoms with van der Waals surface area (Å²) in [6.45, 7) is 5.05. The Balaban J connectivity index is 1.23. The van der Waals surface area contributed by atoms with Gasteiger partial charge in [0.1, 0.15) is 6.61 Å². The van der Waals surface area contributed by atoms with Crippen LogP contribution in [-0.2, 0) is 24.4 Å². The molecule has 1 fully saturated rings. The van der Waals surface area contributed by atoms with Crippen molar-refractivity contribution in [2.75, 3.05) is 13.2 Å². The number of nitrogens with one attached hydrogen (secondary N) is 1. The molecule has 5 rings (SSSR count). The van der Waals surface area contributed by atoms with Gasteiger partial charge in [0, 0.05) is 32.2 Å². The lowest BCUT2D eigenvalue weighted by molar-refractivity contribution is 0.0601. The summed E-state index contributed by atoms with van der Waals surface area (Å²) in [5.74, 6) is 0. The molecule has 37 heavy (non-hydrogen) atoms. The van der Waals surface area contributed by atoms with Crippen molar-refractivity contribution in [2.45, 2.75) is 51.5 Å². The number of hydrogen-bond acceptors (Lipinski definition) is 4. The van der Waals surface area contributed by atoms with Crippen molar-refractivity contribution in [3.05, 3.63) is 107 Å². The Morgan fingerprint density at radius 3 is 2.27 bits per heavy atom. The molecule has 7 heteroatoms. The molecule has 1 aromatic heterocycles. The second kappa shape index (κ2) is 11.5. The van der Waals surface area contributed by atoms with E-state index in [1.807, 2.05) is 60.7 Å². The first-order valence-corrected chi connectivity index (χ1v) is 13.0. The molecule has 3 aromatic carbocycles. The van der Waals surface area contributed by atoms with Crippen LogP contribution in [0.2, 0.25) is 0 Å². The molecular formula is C30H34N4O3. The summed E-state index contributed by atoms with van der Waals surface area (Å²) in [6, 6.07) is 28.3. The van der Waals surface area contributed by atoms with E-state index in [9.17, 15) is 9.59 Å². The molecule has 0 bridgehead atoms. The van der Waals surface area contributed by atoms with Gasteiger partial charge < -0.3 is 14.6 Å². The number of aromatic nitrogens is 2. The van der Waals surface area contributed by atoms with Crippen molar-refractivity contribution in [2.24, 2.45) is 0 Å². The highest BCUT2D eigenvalue weighted by molar-refractivity contribution is 5.75. The van der Waals surface area contributed by atoms with Crippen LogP contribution in [0.4, 0.5) is 4.79 Å². The smallest absolute Gasteiger partial charge is 0.410 e. The number of para-hydroxylation sites is 2. The lowest BCUT2D eigenvalue weighted by atomic mass is 10.1. The molecule has 0 aliphatic carbocycles. The van der Waals surface area contributed by atoms with Crippen molar-refractivity contribution in [3.63, 3.8) is 0 Å². The highest BCUT2D eigenvalue weighted by Gasteiger charge is 2.31. The summed E-state index contributed by atoms with van der Waals surface area (Å²) in [5.41, 5.74) is 3.97. The predicted molar refractivity (Wildman–Crippen MR) is 145 cm³/mol. The first-order chi connectivity index (χ1) is 18.1. The van der Waals surface area contributed by atoms with E-state index in [-0.39, 0.29) is 23.9 Å². The maximum Gasteiger partial charge on any atom is 0.410 e. The molecule has 1 aliphatic rings. The number of nitrogens with zero attached hydrogens (tertiary/aromatic N) is 3. The summed E-state index contributed by atoms with van der Waals surface area (Å²) in [6.07, 6.45) is 1.45. The summed E-state index contributed by atoms with van der Waals surface area (Å²) in [5, 5.41) is 0. The second-order valence-corrected chi connectivity index (χ2v) is 9.85. The fourth-order valence-corrected chi connectivity index (χ4v) is 5.15. The number of fused-ring (bicyclic) bond motifs is 1. The first-order valence-electron chi connectivity index (χ1n) is 13.0. The fourth-order valence-electron chi connectivity index (χ4n) is 5.15. The van der Waals surface area contributed by atoms with E-state index in [2.05, 4.69) is 41.1 Å². The third-order valence-corrected chi connectivity index (χ3v) is 7.21. The van der Waals surface area contributed by atoms with E-state index >= 15 is 0 Å². The largest absolute Gasteiger partial charge is 0.448 e. The van der Waals surface area contributed by atoms with Gasteiger partial charge in [-0.2, -0.15) is 0 Å². The summed E-state index contributed by atoms with van der Waals surface area (Å²) < 4.78 is 7.59. The fraction of sp³-hybridized carbons (Fsp3) is 0.333. The first kappa shape index (κ1) is 24.8. The number of H-pyrrole nitrogens is 1. The van der Waals surface area contributed by atoms with Crippen molar-refractivity contribution in [3.8, 4) is 0 Å². The number of rotatable bonds is 9. The average Bonchev–Trinajstić information content (AvgIpc) is 3.52. The van der Waals surface area contributed by atoms with Gasteiger partial charge in [0.15, 0.2) is 0 Å². The van der Waals surface area contributed by atoms with Gasteiger partial charge in [0.2, 0.25) is 0 Å². The van der Waals surface area contributed by atoms with E-state index in [1.54, 1.807) is 9.47 Å². The van der Waals surface area contributed by atoms with Crippen LogP contribution in [0.5, 0.6) is 0 Å². The SMILES string of the molecule is C[C@@H](COC(=O)N1CCCC1Cn1c(=O)[nH]c2ccccc21)N(Cc1ccccc1)Cc1ccccc1. The van der Waals surface area contributed by atoms with Gasteiger partial charge in [0.05, 0.1) is 17.1 Å². The molecule has 2 heterocycles. The Labute approximate surface area is 217 Å². The number of likely N-dealkylation sites (tertiary alicyclic amines) is 1. The number of benzene rings is 3. The number of imidazole rings is 1.